The summed E-state index contributed by atoms with van der Waals surface area (Å²) in [5, 5.41) is 9.23. The van der Waals surface area contributed by atoms with Crippen molar-refractivity contribution in [2.75, 3.05) is 6.61 Å². The fraction of sp³-hybridized carbons (Fsp3) is 0.500. The molecule has 0 saturated heterocycles. The first kappa shape index (κ1) is 9.73. The van der Waals surface area contributed by atoms with Gasteiger partial charge in [-0.3, -0.25) is 9.59 Å². The van der Waals surface area contributed by atoms with E-state index in [2.05, 4.69) is 4.74 Å². The fourth-order valence-electron chi connectivity index (χ4n) is 0.893. The van der Waals surface area contributed by atoms with Crippen molar-refractivity contribution in [3.8, 4) is 0 Å². The lowest BCUT2D eigenvalue weighted by Crippen LogP contribution is -2.40. The van der Waals surface area contributed by atoms with E-state index >= 15 is 0 Å². The Labute approximate surface area is 74.9 Å². The van der Waals surface area contributed by atoms with Gasteiger partial charge in [0.1, 0.15) is 6.61 Å². The van der Waals surface area contributed by atoms with Crippen molar-refractivity contribution in [3.05, 3.63) is 12.3 Å². The molecule has 5 heteroatoms. The predicted octanol–water partition coefficient (Wildman–Crippen LogP) is -0.608. The Balaban J connectivity index is 2.46. The summed E-state index contributed by atoms with van der Waals surface area (Å²) in [5.74, 6) is -0.916. The minimum Gasteiger partial charge on any atom is -0.491 e. The number of hydrogen-bond donors (Lipinski definition) is 1. The van der Waals surface area contributed by atoms with Crippen molar-refractivity contribution in [2.24, 2.45) is 0 Å². The highest BCUT2D eigenvalue weighted by Gasteiger charge is 2.29. The quantitative estimate of drug-likeness (QED) is 0.582. The van der Waals surface area contributed by atoms with Crippen LogP contribution in [0.1, 0.15) is 6.92 Å². The Bertz CT molecular complexity index is 245. The third-order valence-electron chi connectivity index (χ3n) is 1.58. The monoisotopic (exact) mass is 186 g/mol. The van der Waals surface area contributed by atoms with Crippen molar-refractivity contribution in [3.63, 3.8) is 0 Å². The molecule has 0 aliphatic carbocycles. The average molecular weight is 186 g/mol. The molecule has 0 bridgehead atoms. The molecule has 0 amide bonds. The molecule has 1 N–H and O–H groups in total. The van der Waals surface area contributed by atoms with Gasteiger partial charge in [0.05, 0.1) is 6.26 Å². The number of ketones is 1. The summed E-state index contributed by atoms with van der Waals surface area (Å²) in [5.41, 5.74) is 0. The summed E-state index contributed by atoms with van der Waals surface area (Å²) in [6.07, 6.45) is 0.281. The van der Waals surface area contributed by atoms with Gasteiger partial charge < -0.3 is 14.6 Å². The van der Waals surface area contributed by atoms with Crippen LogP contribution in [0.4, 0.5) is 0 Å². The molecule has 72 valence electrons. The summed E-state index contributed by atoms with van der Waals surface area (Å²) in [4.78, 5) is 21.3. The van der Waals surface area contributed by atoms with E-state index in [9.17, 15) is 14.7 Å². The Kier molecular flexibility index (Phi) is 3.02. The van der Waals surface area contributed by atoms with E-state index < -0.39 is 24.0 Å². The lowest BCUT2D eigenvalue weighted by molar-refractivity contribution is -0.150. The van der Waals surface area contributed by atoms with Gasteiger partial charge in [-0.2, -0.15) is 0 Å². The van der Waals surface area contributed by atoms with Crippen molar-refractivity contribution in [1.82, 2.24) is 0 Å². The molecule has 1 rings (SSSR count). The number of rotatable bonds is 2. The topological polar surface area (TPSA) is 72.8 Å². The zero-order chi connectivity index (χ0) is 9.84. The predicted molar refractivity (Wildman–Crippen MR) is 41.7 cm³/mol. The lowest BCUT2D eigenvalue weighted by Gasteiger charge is -2.22. The maximum Gasteiger partial charge on any atom is 0.302 e. The van der Waals surface area contributed by atoms with Gasteiger partial charge in [0.25, 0.3) is 0 Å². The summed E-state index contributed by atoms with van der Waals surface area (Å²) in [7, 11) is 0. The van der Waals surface area contributed by atoms with Crippen LogP contribution < -0.4 is 0 Å². The van der Waals surface area contributed by atoms with E-state index in [1.54, 1.807) is 0 Å². The summed E-state index contributed by atoms with van der Waals surface area (Å²) in [6, 6.07) is 0. The standard InChI is InChI=1S/C8H10O5/c1-5(9)13-4-7-8(11)6(10)2-3-12-7/h2-3,7-8,11H,4H2,1H3. The summed E-state index contributed by atoms with van der Waals surface area (Å²) in [6.45, 7) is 1.12. The van der Waals surface area contributed by atoms with E-state index in [0.717, 1.165) is 6.08 Å². The molecule has 1 aliphatic rings. The first-order valence-electron chi connectivity index (χ1n) is 3.78. The normalized spacial score (nSPS) is 26.8. The molecule has 0 saturated carbocycles. The van der Waals surface area contributed by atoms with E-state index in [0.29, 0.717) is 0 Å². The first-order valence-corrected chi connectivity index (χ1v) is 3.78. The van der Waals surface area contributed by atoms with Gasteiger partial charge in [0.15, 0.2) is 18.0 Å². The number of aliphatic hydroxyl groups excluding tert-OH is 1. The second-order valence-corrected chi connectivity index (χ2v) is 2.63. The molecule has 5 nitrogen and oxygen atoms in total. The van der Waals surface area contributed by atoms with Crippen molar-refractivity contribution in [2.45, 2.75) is 19.1 Å². The number of hydrogen-bond acceptors (Lipinski definition) is 5. The summed E-state index contributed by atoms with van der Waals surface area (Å²) < 4.78 is 9.47. The third-order valence-corrected chi connectivity index (χ3v) is 1.58. The SMILES string of the molecule is CC(=O)OCC1OC=CC(=O)C1O. The average Bonchev–Trinajstić information content (AvgIpc) is 2.07. The second kappa shape index (κ2) is 4.04. The molecule has 0 radical (unpaired) electrons. The maximum atomic E-state index is 10.9. The van der Waals surface area contributed by atoms with Gasteiger partial charge in [-0.1, -0.05) is 0 Å². The molecular formula is C8H10O5. The van der Waals surface area contributed by atoms with Gasteiger partial charge >= 0.3 is 5.97 Å². The number of ether oxygens (including phenoxy) is 2. The summed E-state index contributed by atoms with van der Waals surface area (Å²) >= 11 is 0. The molecule has 0 spiro atoms. The van der Waals surface area contributed by atoms with Crippen LogP contribution in [0.2, 0.25) is 0 Å². The highest BCUT2D eigenvalue weighted by molar-refractivity contribution is 5.94. The van der Waals surface area contributed by atoms with Crippen LogP contribution in [-0.4, -0.2) is 35.7 Å². The molecule has 13 heavy (non-hydrogen) atoms. The highest BCUT2D eigenvalue weighted by atomic mass is 16.6. The molecular weight excluding hydrogens is 176 g/mol. The van der Waals surface area contributed by atoms with Crippen LogP contribution in [-0.2, 0) is 19.1 Å². The lowest BCUT2D eigenvalue weighted by atomic mass is 10.1. The van der Waals surface area contributed by atoms with E-state index in [-0.39, 0.29) is 6.61 Å². The second-order valence-electron chi connectivity index (χ2n) is 2.63. The van der Waals surface area contributed by atoms with Crippen LogP contribution in [0.3, 0.4) is 0 Å². The minimum atomic E-state index is -1.25. The smallest absolute Gasteiger partial charge is 0.302 e. The van der Waals surface area contributed by atoms with Crippen LogP contribution in [0.15, 0.2) is 12.3 Å². The number of aliphatic hydroxyl groups is 1. The van der Waals surface area contributed by atoms with Crippen molar-refractivity contribution < 1.29 is 24.2 Å². The molecule has 0 aromatic heterocycles. The largest absolute Gasteiger partial charge is 0.491 e. The number of carbonyl (C=O) groups excluding carboxylic acids is 2. The maximum absolute atomic E-state index is 10.9. The van der Waals surface area contributed by atoms with E-state index in [1.165, 1.54) is 13.2 Å². The highest BCUT2D eigenvalue weighted by Crippen LogP contribution is 2.08. The van der Waals surface area contributed by atoms with Crippen LogP contribution in [0, 0.1) is 0 Å². The molecule has 1 aliphatic heterocycles. The molecule has 2 unspecified atom stereocenters. The van der Waals surface area contributed by atoms with Gasteiger partial charge in [-0.15, -0.1) is 0 Å². The third kappa shape index (κ3) is 2.55. The minimum absolute atomic E-state index is 0.118. The molecule has 1 heterocycles. The number of carbonyl (C=O) groups is 2. The van der Waals surface area contributed by atoms with Crippen LogP contribution in [0.5, 0.6) is 0 Å². The Morgan fingerprint density at radius 3 is 3.08 bits per heavy atom. The zero-order valence-electron chi connectivity index (χ0n) is 7.10. The molecule has 0 aromatic carbocycles. The van der Waals surface area contributed by atoms with E-state index in [4.69, 9.17) is 4.74 Å². The Hall–Kier alpha value is -1.36. The van der Waals surface area contributed by atoms with Gasteiger partial charge in [0.2, 0.25) is 0 Å². The fourth-order valence-corrected chi connectivity index (χ4v) is 0.893. The van der Waals surface area contributed by atoms with Crippen LogP contribution >= 0.6 is 0 Å². The van der Waals surface area contributed by atoms with Gasteiger partial charge in [-0.25, -0.2) is 0 Å². The van der Waals surface area contributed by atoms with Crippen LogP contribution in [0.25, 0.3) is 0 Å². The Morgan fingerprint density at radius 2 is 2.46 bits per heavy atom. The molecule has 0 aromatic rings. The molecule has 2 atom stereocenters. The van der Waals surface area contributed by atoms with Gasteiger partial charge in [0, 0.05) is 13.0 Å². The van der Waals surface area contributed by atoms with Gasteiger partial charge in [-0.05, 0) is 0 Å². The number of esters is 1. The molecule has 0 fully saturated rings. The van der Waals surface area contributed by atoms with E-state index in [1.807, 2.05) is 0 Å². The first-order chi connectivity index (χ1) is 6.11. The Morgan fingerprint density at radius 1 is 1.77 bits per heavy atom. The zero-order valence-corrected chi connectivity index (χ0v) is 7.10. The van der Waals surface area contributed by atoms with Crippen molar-refractivity contribution >= 4 is 11.8 Å². The van der Waals surface area contributed by atoms with Crippen molar-refractivity contribution in [1.29, 1.82) is 0 Å².